The van der Waals surface area contributed by atoms with Gasteiger partial charge in [-0.15, -0.1) is 11.8 Å². The van der Waals surface area contributed by atoms with Gasteiger partial charge in [-0.2, -0.15) is 5.10 Å². The number of nitrogens with two attached hydrogens (primary N) is 1. The number of amides is 1. The van der Waals surface area contributed by atoms with Crippen LogP contribution >= 0.6 is 11.8 Å². The maximum Gasteiger partial charge on any atom is 0.234 e. The molecular formula is C25H23FN4O2S. The fourth-order valence-electron chi connectivity index (χ4n) is 2.89. The second kappa shape index (κ2) is 11.6. The first-order chi connectivity index (χ1) is 16.0. The van der Waals surface area contributed by atoms with Crippen LogP contribution in [0.15, 0.2) is 95.4 Å². The van der Waals surface area contributed by atoms with E-state index < -0.39 is 5.82 Å². The standard InChI is InChI=1S/C25H23FN4O2S/c1-18(22-9-5-6-10-23(22)26)30(29-24(27)15-16-31)20-13-11-19(12-14-20)28-25(32)17-33-21-7-3-2-4-8-21/h2-14,16H,1,15,17H2,(H2,27,29)(H,28,32). The van der Waals surface area contributed by atoms with Crippen LogP contribution in [0.25, 0.3) is 5.70 Å². The summed E-state index contributed by atoms with van der Waals surface area (Å²) in [6, 6.07) is 22.6. The highest BCUT2D eigenvalue weighted by Gasteiger charge is 2.16. The molecule has 6 nitrogen and oxygen atoms in total. The van der Waals surface area contributed by atoms with Gasteiger partial charge in [-0.25, -0.2) is 9.40 Å². The second-order valence-corrected chi connectivity index (χ2v) is 7.95. The zero-order chi connectivity index (χ0) is 23.6. The van der Waals surface area contributed by atoms with Crippen molar-refractivity contribution in [2.75, 3.05) is 16.1 Å². The molecule has 0 aliphatic heterocycles. The first-order valence-corrected chi connectivity index (χ1v) is 11.0. The van der Waals surface area contributed by atoms with Crippen LogP contribution in [0.1, 0.15) is 12.0 Å². The number of carbonyl (C=O) groups excluding carboxylic acids is 2. The number of halogens is 1. The lowest BCUT2D eigenvalue weighted by molar-refractivity contribution is -0.113. The van der Waals surface area contributed by atoms with E-state index in [0.29, 0.717) is 17.7 Å². The van der Waals surface area contributed by atoms with E-state index in [1.807, 2.05) is 30.3 Å². The highest BCUT2D eigenvalue weighted by atomic mass is 32.2. The molecule has 0 saturated carbocycles. The van der Waals surface area contributed by atoms with Crippen molar-refractivity contribution in [1.82, 2.24) is 0 Å². The molecule has 0 saturated heterocycles. The molecule has 3 aromatic carbocycles. The fraction of sp³-hybridized carbons (Fsp3) is 0.0800. The maximum atomic E-state index is 14.3. The summed E-state index contributed by atoms with van der Waals surface area (Å²) in [5.74, 6) is -0.277. The normalized spacial score (nSPS) is 11.0. The van der Waals surface area contributed by atoms with Crippen molar-refractivity contribution in [3.05, 3.63) is 96.8 Å². The molecule has 1 amide bonds. The molecule has 0 aliphatic rings. The van der Waals surface area contributed by atoms with Crippen molar-refractivity contribution < 1.29 is 14.0 Å². The summed E-state index contributed by atoms with van der Waals surface area (Å²) >= 11 is 1.44. The quantitative estimate of drug-likeness (QED) is 0.147. The van der Waals surface area contributed by atoms with Gasteiger partial charge in [0.05, 0.1) is 23.6 Å². The highest BCUT2D eigenvalue weighted by Crippen LogP contribution is 2.28. The number of nitrogens with one attached hydrogen (secondary N) is 1. The Morgan fingerprint density at radius 1 is 1.06 bits per heavy atom. The molecule has 0 radical (unpaired) electrons. The molecule has 0 spiro atoms. The number of thioether (sulfide) groups is 1. The number of nitrogens with zero attached hydrogens (tertiary/aromatic N) is 2. The smallest absolute Gasteiger partial charge is 0.234 e. The van der Waals surface area contributed by atoms with E-state index in [4.69, 9.17) is 5.73 Å². The predicted molar refractivity (Wildman–Crippen MR) is 132 cm³/mol. The molecule has 0 heterocycles. The zero-order valence-corrected chi connectivity index (χ0v) is 18.6. The molecule has 168 valence electrons. The Hall–Kier alpha value is -3.91. The minimum atomic E-state index is -0.462. The van der Waals surface area contributed by atoms with Gasteiger partial charge in [0.2, 0.25) is 5.91 Å². The zero-order valence-electron chi connectivity index (χ0n) is 17.8. The number of aldehydes is 1. The van der Waals surface area contributed by atoms with Crippen molar-refractivity contribution in [2.24, 2.45) is 10.8 Å². The minimum absolute atomic E-state index is 0.0535. The summed E-state index contributed by atoms with van der Waals surface area (Å²) in [6.45, 7) is 3.96. The number of anilines is 2. The Morgan fingerprint density at radius 3 is 2.39 bits per heavy atom. The van der Waals surface area contributed by atoms with Gasteiger partial charge in [0, 0.05) is 16.1 Å². The molecule has 3 aromatic rings. The average molecular weight is 463 g/mol. The van der Waals surface area contributed by atoms with Gasteiger partial charge in [-0.3, -0.25) is 4.79 Å². The van der Waals surface area contributed by atoms with Gasteiger partial charge in [0.25, 0.3) is 0 Å². The van der Waals surface area contributed by atoms with Gasteiger partial charge >= 0.3 is 0 Å². The number of hydrogen-bond acceptors (Lipinski definition) is 5. The topological polar surface area (TPSA) is 87.8 Å². The molecule has 0 atom stereocenters. The van der Waals surface area contributed by atoms with Crippen LogP contribution in [0.4, 0.5) is 15.8 Å². The molecular weight excluding hydrogens is 439 g/mol. The van der Waals surface area contributed by atoms with Crippen molar-refractivity contribution >= 4 is 46.9 Å². The van der Waals surface area contributed by atoms with E-state index in [9.17, 15) is 14.0 Å². The monoisotopic (exact) mass is 462 g/mol. The van der Waals surface area contributed by atoms with Crippen molar-refractivity contribution in [1.29, 1.82) is 0 Å². The molecule has 0 aromatic heterocycles. The van der Waals surface area contributed by atoms with E-state index in [-0.39, 0.29) is 35.2 Å². The summed E-state index contributed by atoms with van der Waals surface area (Å²) in [5.41, 5.74) is 7.46. The Morgan fingerprint density at radius 2 is 1.73 bits per heavy atom. The summed E-state index contributed by atoms with van der Waals surface area (Å²) < 4.78 is 14.3. The molecule has 0 fully saturated rings. The number of benzene rings is 3. The fourth-order valence-corrected chi connectivity index (χ4v) is 3.61. The average Bonchev–Trinajstić information content (AvgIpc) is 2.83. The van der Waals surface area contributed by atoms with Crippen LogP contribution < -0.4 is 16.1 Å². The SMILES string of the molecule is C=C(c1ccccc1F)N(/N=C(\N)CC=O)c1ccc(NC(=O)CSc2ccccc2)cc1. The first-order valence-electron chi connectivity index (χ1n) is 10.1. The highest BCUT2D eigenvalue weighted by molar-refractivity contribution is 8.00. The van der Waals surface area contributed by atoms with E-state index in [1.54, 1.807) is 42.5 Å². The summed E-state index contributed by atoms with van der Waals surface area (Å²) in [5, 5.41) is 8.46. The lowest BCUT2D eigenvalue weighted by Crippen LogP contribution is -2.22. The van der Waals surface area contributed by atoms with Gasteiger partial charge in [-0.1, -0.05) is 36.9 Å². The Labute approximate surface area is 196 Å². The number of hydrazone groups is 1. The number of carbonyl (C=O) groups is 2. The van der Waals surface area contributed by atoms with Crippen molar-refractivity contribution in [2.45, 2.75) is 11.3 Å². The van der Waals surface area contributed by atoms with Crippen LogP contribution in [0.5, 0.6) is 0 Å². The molecule has 3 N–H and O–H groups in total. The van der Waals surface area contributed by atoms with Crippen LogP contribution in [0.2, 0.25) is 0 Å². The molecule has 0 bridgehead atoms. The van der Waals surface area contributed by atoms with E-state index in [2.05, 4.69) is 17.0 Å². The molecule has 3 rings (SSSR count). The summed E-state index contributed by atoms with van der Waals surface area (Å²) in [4.78, 5) is 24.1. The maximum absolute atomic E-state index is 14.3. The number of hydrogen-bond donors (Lipinski definition) is 2. The molecule has 8 heteroatoms. The predicted octanol–water partition coefficient (Wildman–Crippen LogP) is 4.90. The number of rotatable bonds is 10. The lowest BCUT2D eigenvalue weighted by Gasteiger charge is -2.23. The summed E-state index contributed by atoms with van der Waals surface area (Å²) in [6.07, 6.45) is 0.559. The van der Waals surface area contributed by atoms with Crippen LogP contribution in [-0.4, -0.2) is 23.8 Å². The van der Waals surface area contributed by atoms with E-state index >= 15 is 0 Å². The molecule has 0 unspecified atom stereocenters. The van der Waals surface area contributed by atoms with E-state index in [1.165, 1.54) is 22.8 Å². The van der Waals surface area contributed by atoms with Crippen molar-refractivity contribution in [3.63, 3.8) is 0 Å². The first kappa shape index (κ1) is 23.7. The summed E-state index contributed by atoms with van der Waals surface area (Å²) in [7, 11) is 0. The second-order valence-electron chi connectivity index (χ2n) is 6.90. The van der Waals surface area contributed by atoms with Crippen LogP contribution in [-0.2, 0) is 9.59 Å². The minimum Gasteiger partial charge on any atom is -0.385 e. The van der Waals surface area contributed by atoms with E-state index in [0.717, 1.165) is 4.90 Å². The third-order valence-electron chi connectivity index (χ3n) is 4.47. The lowest BCUT2D eigenvalue weighted by atomic mass is 10.1. The number of amidine groups is 1. The van der Waals surface area contributed by atoms with Gasteiger partial charge in [0.1, 0.15) is 17.9 Å². The molecule has 33 heavy (non-hydrogen) atoms. The van der Waals surface area contributed by atoms with Gasteiger partial charge in [-0.05, 0) is 48.5 Å². The Bertz CT molecular complexity index is 1150. The third-order valence-corrected chi connectivity index (χ3v) is 5.48. The van der Waals surface area contributed by atoms with Crippen LogP contribution in [0.3, 0.4) is 0 Å². The van der Waals surface area contributed by atoms with Crippen LogP contribution in [0, 0.1) is 5.82 Å². The largest absolute Gasteiger partial charge is 0.385 e. The van der Waals surface area contributed by atoms with Gasteiger partial charge < -0.3 is 15.8 Å². The molecule has 0 aliphatic carbocycles. The van der Waals surface area contributed by atoms with Crippen molar-refractivity contribution in [3.8, 4) is 0 Å². The van der Waals surface area contributed by atoms with Gasteiger partial charge in [0.15, 0.2) is 0 Å². The third kappa shape index (κ3) is 6.78. The Balaban J connectivity index is 1.75. The Kier molecular flexibility index (Phi) is 8.37.